The maximum Gasteiger partial charge on any atom is 0.316 e. The third-order valence-corrected chi connectivity index (χ3v) is 6.14. The van der Waals surface area contributed by atoms with Gasteiger partial charge in [-0.25, -0.2) is 0 Å². The number of carbonyl (C=O) groups excluding carboxylic acids is 2. The Balaban J connectivity index is 1.41. The van der Waals surface area contributed by atoms with Crippen molar-refractivity contribution >= 4 is 56.8 Å². The van der Waals surface area contributed by atoms with Crippen molar-refractivity contribution in [1.82, 2.24) is 9.88 Å². The maximum atomic E-state index is 12.1. The van der Waals surface area contributed by atoms with Crippen LogP contribution in [-0.2, 0) is 14.3 Å². The van der Waals surface area contributed by atoms with Crippen molar-refractivity contribution in [2.75, 3.05) is 30.8 Å². The van der Waals surface area contributed by atoms with Crippen LogP contribution in [0.1, 0.15) is 19.8 Å². The van der Waals surface area contributed by atoms with Gasteiger partial charge in [-0.1, -0.05) is 37.0 Å². The van der Waals surface area contributed by atoms with Gasteiger partial charge < -0.3 is 15.0 Å². The van der Waals surface area contributed by atoms with Gasteiger partial charge in [0.2, 0.25) is 0 Å². The summed E-state index contributed by atoms with van der Waals surface area (Å²) in [4.78, 5) is 30.5. The van der Waals surface area contributed by atoms with Crippen LogP contribution in [0.15, 0.2) is 36.5 Å². The molecular weight excluding hydrogens is 394 g/mol. The highest BCUT2D eigenvalue weighted by Gasteiger charge is 2.19. The van der Waals surface area contributed by atoms with Gasteiger partial charge in [0.05, 0.1) is 17.0 Å². The van der Waals surface area contributed by atoms with Crippen LogP contribution in [0.2, 0.25) is 0 Å². The average molecular weight is 418 g/mol. The van der Waals surface area contributed by atoms with E-state index in [0.29, 0.717) is 5.69 Å². The highest BCUT2D eigenvalue weighted by atomic mass is 32.2. The molecule has 0 spiro atoms. The molecule has 1 aliphatic heterocycles. The van der Waals surface area contributed by atoms with Gasteiger partial charge in [0.1, 0.15) is 4.32 Å². The fraction of sp³-hybridized carbons (Fsp3) is 0.400. The predicted octanol–water partition coefficient (Wildman–Crippen LogP) is 3.47. The summed E-state index contributed by atoms with van der Waals surface area (Å²) in [6, 6.07) is 9.16. The van der Waals surface area contributed by atoms with Crippen LogP contribution in [0.25, 0.3) is 10.9 Å². The lowest BCUT2D eigenvalue weighted by atomic mass is 10.00. The summed E-state index contributed by atoms with van der Waals surface area (Å²) in [5.74, 6) is -0.00380. The number of thiocarbonyl (C=S) groups is 1. The minimum absolute atomic E-state index is 0.107. The number of hydrogen-bond donors (Lipinski definition) is 1. The summed E-state index contributed by atoms with van der Waals surface area (Å²) in [7, 11) is 0. The summed E-state index contributed by atoms with van der Waals surface area (Å²) in [6.45, 7) is 3.78. The number of pyridine rings is 1. The van der Waals surface area contributed by atoms with Crippen LogP contribution in [0.5, 0.6) is 0 Å². The summed E-state index contributed by atoms with van der Waals surface area (Å²) in [5.41, 5.74) is 1.43. The Hall–Kier alpha value is -2.19. The molecular formula is C20H23N3O3S2. The molecule has 3 rings (SSSR count). The number of piperidine rings is 1. The molecule has 1 saturated heterocycles. The lowest BCUT2D eigenvalue weighted by molar-refractivity contribution is -0.144. The van der Waals surface area contributed by atoms with E-state index in [2.05, 4.69) is 22.1 Å². The Morgan fingerprint density at radius 3 is 2.86 bits per heavy atom. The molecule has 0 atom stereocenters. The first-order valence-corrected chi connectivity index (χ1v) is 10.6. The Morgan fingerprint density at radius 2 is 2.07 bits per heavy atom. The van der Waals surface area contributed by atoms with Crippen molar-refractivity contribution in [3.63, 3.8) is 0 Å². The van der Waals surface area contributed by atoms with Gasteiger partial charge in [0, 0.05) is 24.7 Å². The second-order valence-electron chi connectivity index (χ2n) is 6.81. The normalized spacial score (nSPS) is 14.7. The van der Waals surface area contributed by atoms with Crippen molar-refractivity contribution in [3.8, 4) is 0 Å². The fourth-order valence-corrected chi connectivity index (χ4v) is 4.04. The lowest BCUT2D eigenvalue weighted by Crippen LogP contribution is -2.35. The molecule has 1 N–H and O–H groups in total. The zero-order valence-corrected chi connectivity index (χ0v) is 17.4. The Kier molecular flexibility index (Phi) is 7.22. The first-order valence-electron chi connectivity index (χ1n) is 9.24. The van der Waals surface area contributed by atoms with Crippen molar-refractivity contribution in [2.24, 2.45) is 5.92 Å². The molecule has 0 unspecified atom stereocenters. The van der Waals surface area contributed by atoms with E-state index in [-0.39, 0.29) is 18.3 Å². The number of aromatic nitrogens is 1. The average Bonchev–Trinajstić information content (AvgIpc) is 2.71. The smallest absolute Gasteiger partial charge is 0.316 e. The number of amides is 1. The van der Waals surface area contributed by atoms with E-state index in [1.807, 2.05) is 18.2 Å². The van der Waals surface area contributed by atoms with Crippen molar-refractivity contribution in [2.45, 2.75) is 19.8 Å². The van der Waals surface area contributed by atoms with Crippen LogP contribution < -0.4 is 5.32 Å². The van der Waals surface area contributed by atoms with Gasteiger partial charge >= 0.3 is 5.97 Å². The number of thioether (sulfide) groups is 1. The number of benzene rings is 1. The van der Waals surface area contributed by atoms with Gasteiger partial charge in [-0.2, -0.15) is 0 Å². The SMILES string of the molecule is CC1CCN(C(=S)SCC(=O)OCC(=O)Nc2cccc3ncccc23)CC1. The monoisotopic (exact) mass is 417 g/mol. The Bertz CT molecular complexity index is 861. The van der Waals surface area contributed by atoms with Gasteiger partial charge in [0.25, 0.3) is 5.91 Å². The molecule has 0 saturated carbocycles. The third kappa shape index (κ3) is 5.65. The van der Waals surface area contributed by atoms with Crippen LogP contribution in [-0.4, -0.2) is 51.5 Å². The molecule has 2 aromatic rings. The number of fused-ring (bicyclic) bond motifs is 1. The number of carbonyl (C=O) groups is 2. The molecule has 2 heterocycles. The molecule has 28 heavy (non-hydrogen) atoms. The zero-order chi connectivity index (χ0) is 19.9. The largest absolute Gasteiger partial charge is 0.455 e. The topological polar surface area (TPSA) is 71.5 Å². The third-order valence-electron chi connectivity index (χ3n) is 4.64. The molecule has 0 bridgehead atoms. The molecule has 0 radical (unpaired) electrons. The van der Waals surface area contributed by atoms with E-state index in [4.69, 9.17) is 17.0 Å². The molecule has 0 aliphatic carbocycles. The molecule has 1 fully saturated rings. The number of rotatable bonds is 5. The Labute approximate surface area is 174 Å². The second-order valence-corrected chi connectivity index (χ2v) is 8.42. The van der Waals surface area contributed by atoms with Gasteiger partial charge in [-0.15, -0.1) is 0 Å². The summed E-state index contributed by atoms with van der Waals surface area (Å²) in [5, 5.41) is 3.60. The lowest BCUT2D eigenvalue weighted by Gasteiger charge is -2.31. The number of esters is 1. The van der Waals surface area contributed by atoms with Crippen LogP contribution in [0.4, 0.5) is 5.69 Å². The number of hydrogen-bond acceptors (Lipinski definition) is 6. The quantitative estimate of drug-likeness (QED) is 0.590. The zero-order valence-electron chi connectivity index (χ0n) is 15.7. The Morgan fingerprint density at radius 1 is 1.29 bits per heavy atom. The van der Waals surface area contributed by atoms with E-state index in [0.717, 1.165) is 47.1 Å². The van der Waals surface area contributed by atoms with Crippen molar-refractivity contribution in [1.29, 1.82) is 0 Å². The van der Waals surface area contributed by atoms with Crippen molar-refractivity contribution < 1.29 is 14.3 Å². The molecule has 1 aromatic heterocycles. The number of nitrogens with zero attached hydrogens (tertiary/aromatic N) is 2. The number of nitrogens with one attached hydrogen (secondary N) is 1. The molecule has 1 aliphatic rings. The standard InChI is InChI=1S/C20H23N3O3S2/c1-14-7-10-23(11-8-14)20(27)28-13-19(25)26-12-18(24)22-17-6-2-5-16-15(17)4-3-9-21-16/h2-6,9,14H,7-8,10-13H2,1H3,(H,22,24). The minimum Gasteiger partial charge on any atom is -0.455 e. The van der Waals surface area contributed by atoms with Crippen molar-refractivity contribution in [3.05, 3.63) is 36.5 Å². The highest BCUT2D eigenvalue weighted by molar-refractivity contribution is 8.23. The molecule has 1 aromatic carbocycles. The number of likely N-dealkylation sites (tertiary alicyclic amines) is 1. The predicted molar refractivity (Wildman–Crippen MR) is 116 cm³/mol. The fourth-order valence-electron chi connectivity index (χ4n) is 2.99. The van der Waals surface area contributed by atoms with Crippen LogP contribution in [0, 0.1) is 5.92 Å². The summed E-state index contributed by atoms with van der Waals surface area (Å²) in [6.07, 6.45) is 3.94. The van der Waals surface area contributed by atoms with E-state index in [1.54, 1.807) is 18.3 Å². The highest BCUT2D eigenvalue weighted by Crippen LogP contribution is 2.22. The van der Waals surface area contributed by atoms with Crippen LogP contribution in [0.3, 0.4) is 0 Å². The summed E-state index contributed by atoms with van der Waals surface area (Å²) >= 11 is 6.69. The molecule has 8 heteroatoms. The van der Waals surface area contributed by atoms with E-state index in [9.17, 15) is 9.59 Å². The van der Waals surface area contributed by atoms with Gasteiger partial charge in [0.15, 0.2) is 6.61 Å². The molecule has 148 valence electrons. The van der Waals surface area contributed by atoms with E-state index >= 15 is 0 Å². The maximum absolute atomic E-state index is 12.1. The number of ether oxygens (including phenoxy) is 1. The van der Waals surface area contributed by atoms with Gasteiger partial charge in [-0.3, -0.25) is 14.6 Å². The van der Waals surface area contributed by atoms with E-state index < -0.39 is 5.97 Å². The first kappa shape index (κ1) is 20.5. The minimum atomic E-state index is -0.451. The summed E-state index contributed by atoms with van der Waals surface area (Å²) < 4.78 is 5.80. The van der Waals surface area contributed by atoms with E-state index in [1.165, 1.54) is 11.8 Å². The van der Waals surface area contributed by atoms with Crippen LogP contribution >= 0.6 is 24.0 Å². The second kappa shape index (κ2) is 9.84. The molecule has 6 nitrogen and oxygen atoms in total. The number of anilines is 1. The molecule has 1 amide bonds. The van der Waals surface area contributed by atoms with Gasteiger partial charge in [-0.05, 0) is 43.0 Å². The first-order chi connectivity index (χ1) is 13.5.